The predicted molar refractivity (Wildman–Crippen MR) is 63.3 cm³/mol. The number of amides is 1. The Bertz CT molecular complexity index is 366. The Morgan fingerprint density at radius 1 is 1.60 bits per heavy atom. The lowest BCUT2D eigenvalue weighted by Crippen LogP contribution is -2.22. The number of halogens is 1. The summed E-state index contributed by atoms with van der Waals surface area (Å²) in [5, 5.41) is 3.17. The van der Waals surface area contributed by atoms with Gasteiger partial charge in [0.15, 0.2) is 0 Å². The fourth-order valence-electron chi connectivity index (χ4n) is 1.45. The highest BCUT2D eigenvalue weighted by atomic mass is 35.5. The molecule has 0 aliphatic carbocycles. The van der Waals surface area contributed by atoms with E-state index in [-0.39, 0.29) is 11.8 Å². The fourth-order valence-corrected chi connectivity index (χ4v) is 2.83. The molecule has 1 aromatic heterocycles. The topological polar surface area (TPSA) is 42.0 Å². The first kappa shape index (κ1) is 10.8. The van der Waals surface area contributed by atoms with Crippen molar-refractivity contribution < 1.29 is 4.79 Å². The first-order valence-corrected chi connectivity index (χ1v) is 6.30. The van der Waals surface area contributed by atoms with Crippen molar-refractivity contribution in [1.29, 1.82) is 0 Å². The molecule has 0 spiro atoms. The van der Waals surface area contributed by atoms with Gasteiger partial charge in [0.25, 0.3) is 0 Å². The van der Waals surface area contributed by atoms with E-state index in [0.717, 1.165) is 17.9 Å². The first-order valence-electron chi connectivity index (χ1n) is 4.77. The molecule has 1 unspecified atom stereocenters. The van der Waals surface area contributed by atoms with Crippen LogP contribution < -0.4 is 5.32 Å². The van der Waals surface area contributed by atoms with Crippen LogP contribution >= 0.6 is 23.4 Å². The van der Waals surface area contributed by atoms with E-state index in [1.165, 1.54) is 0 Å². The van der Waals surface area contributed by atoms with Gasteiger partial charge in [-0.3, -0.25) is 4.79 Å². The SMILES string of the molecule is O=C(Nc1cccc(Cl)n1)C1CCSC1. The molecule has 5 heteroatoms. The average Bonchev–Trinajstić information content (AvgIpc) is 2.70. The van der Waals surface area contributed by atoms with Crippen molar-refractivity contribution in [3.8, 4) is 0 Å². The summed E-state index contributed by atoms with van der Waals surface area (Å²) in [7, 11) is 0. The largest absolute Gasteiger partial charge is 0.310 e. The zero-order valence-electron chi connectivity index (χ0n) is 8.07. The zero-order valence-corrected chi connectivity index (χ0v) is 9.64. The highest BCUT2D eigenvalue weighted by molar-refractivity contribution is 7.99. The zero-order chi connectivity index (χ0) is 10.7. The Balaban J connectivity index is 1.99. The maximum Gasteiger partial charge on any atom is 0.229 e. The number of aromatic nitrogens is 1. The molecule has 2 heterocycles. The maximum atomic E-state index is 11.7. The summed E-state index contributed by atoms with van der Waals surface area (Å²) in [4.78, 5) is 15.7. The number of anilines is 1. The Labute approximate surface area is 97.6 Å². The second kappa shape index (κ2) is 4.86. The summed E-state index contributed by atoms with van der Waals surface area (Å²) in [6.45, 7) is 0. The quantitative estimate of drug-likeness (QED) is 0.810. The molecule has 0 aromatic carbocycles. The molecule has 1 saturated heterocycles. The minimum absolute atomic E-state index is 0.0507. The Hall–Kier alpha value is -0.740. The van der Waals surface area contributed by atoms with Gasteiger partial charge in [-0.15, -0.1) is 0 Å². The molecular weight excluding hydrogens is 232 g/mol. The van der Waals surface area contributed by atoms with Gasteiger partial charge in [0.2, 0.25) is 5.91 Å². The molecule has 1 aliphatic rings. The van der Waals surface area contributed by atoms with Crippen LogP contribution in [-0.2, 0) is 4.79 Å². The molecular formula is C10H11ClN2OS. The second-order valence-corrected chi connectivity index (χ2v) is 4.93. The lowest BCUT2D eigenvalue weighted by atomic mass is 10.1. The normalized spacial score (nSPS) is 20.2. The molecule has 0 saturated carbocycles. The summed E-state index contributed by atoms with van der Waals surface area (Å²) in [5.41, 5.74) is 0. The van der Waals surface area contributed by atoms with Gasteiger partial charge in [-0.1, -0.05) is 17.7 Å². The summed E-state index contributed by atoms with van der Waals surface area (Å²) in [6, 6.07) is 5.20. The molecule has 0 radical (unpaired) electrons. The molecule has 1 fully saturated rings. The summed E-state index contributed by atoms with van der Waals surface area (Å²) < 4.78 is 0. The van der Waals surface area contributed by atoms with E-state index < -0.39 is 0 Å². The second-order valence-electron chi connectivity index (χ2n) is 3.40. The monoisotopic (exact) mass is 242 g/mol. The number of nitrogens with one attached hydrogen (secondary N) is 1. The summed E-state index contributed by atoms with van der Waals surface area (Å²) in [6.07, 6.45) is 0.955. The van der Waals surface area contributed by atoms with Crippen LogP contribution in [0.2, 0.25) is 5.15 Å². The number of rotatable bonds is 2. The van der Waals surface area contributed by atoms with Crippen LogP contribution in [0.1, 0.15) is 6.42 Å². The van der Waals surface area contributed by atoms with Crippen LogP contribution in [0, 0.1) is 5.92 Å². The standard InChI is InChI=1S/C10H11ClN2OS/c11-8-2-1-3-9(12-8)13-10(14)7-4-5-15-6-7/h1-3,7H,4-6H2,(H,12,13,14). The van der Waals surface area contributed by atoms with Crippen molar-refractivity contribution >= 4 is 35.1 Å². The number of pyridine rings is 1. The minimum atomic E-state index is 0.0507. The van der Waals surface area contributed by atoms with Gasteiger partial charge in [-0.05, 0) is 24.3 Å². The molecule has 1 amide bonds. The van der Waals surface area contributed by atoms with E-state index >= 15 is 0 Å². The number of hydrogen-bond acceptors (Lipinski definition) is 3. The van der Waals surface area contributed by atoms with Gasteiger partial charge in [0, 0.05) is 11.7 Å². The van der Waals surface area contributed by atoms with Crippen molar-refractivity contribution in [2.45, 2.75) is 6.42 Å². The predicted octanol–water partition coefficient (Wildman–Crippen LogP) is 2.43. The van der Waals surface area contributed by atoms with Gasteiger partial charge in [0.05, 0.1) is 0 Å². The van der Waals surface area contributed by atoms with Crippen LogP contribution in [0.3, 0.4) is 0 Å². The summed E-state index contributed by atoms with van der Waals surface area (Å²) >= 11 is 7.54. The minimum Gasteiger partial charge on any atom is -0.310 e. The lowest BCUT2D eigenvalue weighted by molar-refractivity contribution is -0.119. The van der Waals surface area contributed by atoms with Gasteiger partial charge < -0.3 is 5.32 Å². The van der Waals surface area contributed by atoms with Crippen LogP contribution in [0.25, 0.3) is 0 Å². The van der Waals surface area contributed by atoms with Crippen molar-refractivity contribution in [2.75, 3.05) is 16.8 Å². The number of carbonyl (C=O) groups excluding carboxylic acids is 1. The van der Waals surface area contributed by atoms with Crippen LogP contribution in [-0.4, -0.2) is 22.4 Å². The van der Waals surface area contributed by atoms with E-state index in [2.05, 4.69) is 10.3 Å². The van der Waals surface area contributed by atoms with Gasteiger partial charge in [-0.2, -0.15) is 11.8 Å². The fraction of sp³-hybridized carbons (Fsp3) is 0.400. The number of carbonyl (C=O) groups is 1. The average molecular weight is 243 g/mol. The maximum absolute atomic E-state index is 11.7. The van der Waals surface area contributed by atoms with Crippen molar-refractivity contribution in [2.24, 2.45) is 5.92 Å². The Morgan fingerprint density at radius 2 is 2.47 bits per heavy atom. The third kappa shape index (κ3) is 2.86. The van der Waals surface area contributed by atoms with Gasteiger partial charge >= 0.3 is 0 Å². The third-order valence-corrected chi connectivity index (χ3v) is 3.64. The smallest absolute Gasteiger partial charge is 0.229 e. The molecule has 1 atom stereocenters. The van der Waals surface area contributed by atoms with Crippen LogP contribution in [0.5, 0.6) is 0 Å². The van der Waals surface area contributed by atoms with Crippen LogP contribution in [0.15, 0.2) is 18.2 Å². The van der Waals surface area contributed by atoms with Gasteiger partial charge in [-0.25, -0.2) is 4.98 Å². The Kier molecular flexibility index (Phi) is 3.49. The molecule has 1 aliphatic heterocycles. The van der Waals surface area contributed by atoms with Gasteiger partial charge in [0.1, 0.15) is 11.0 Å². The number of thioether (sulfide) groups is 1. The molecule has 3 nitrogen and oxygen atoms in total. The Morgan fingerprint density at radius 3 is 3.13 bits per heavy atom. The van der Waals surface area contributed by atoms with E-state index in [1.54, 1.807) is 18.2 Å². The first-order chi connectivity index (χ1) is 7.25. The van der Waals surface area contributed by atoms with Crippen molar-refractivity contribution in [3.63, 3.8) is 0 Å². The molecule has 0 bridgehead atoms. The molecule has 2 rings (SSSR count). The molecule has 80 valence electrons. The number of hydrogen-bond donors (Lipinski definition) is 1. The van der Waals surface area contributed by atoms with E-state index in [1.807, 2.05) is 11.8 Å². The summed E-state index contributed by atoms with van der Waals surface area (Å²) in [5.74, 6) is 2.68. The molecule has 1 aromatic rings. The van der Waals surface area contributed by atoms with Crippen molar-refractivity contribution in [3.05, 3.63) is 23.4 Å². The van der Waals surface area contributed by atoms with Crippen molar-refractivity contribution in [1.82, 2.24) is 4.98 Å². The van der Waals surface area contributed by atoms with E-state index in [9.17, 15) is 4.79 Å². The third-order valence-electron chi connectivity index (χ3n) is 2.27. The lowest BCUT2D eigenvalue weighted by Gasteiger charge is -2.08. The van der Waals surface area contributed by atoms with E-state index in [0.29, 0.717) is 11.0 Å². The molecule has 1 N–H and O–H groups in total. The van der Waals surface area contributed by atoms with E-state index in [4.69, 9.17) is 11.6 Å². The number of nitrogens with zero attached hydrogens (tertiary/aromatic N) is 1. The highest BCUT2D eigenvalue weighted by Crippen LogP contribution is 2.24. The molecule has 15 heavy (non-hydrogen) atoms. The van der Waals surface area contributed by atoms with Crippen LogP contribution in [0.4, 0.5) is 5.82 Å². The highest BCUT2D eigenvalue weighted by Gasteiger charge is 2.23.